The number of halogens is 1. The van der Waals surface area contributed by atoms with Crippen molar-refractivity contribution in [2.24, 2.45) is 5.14 Å². The van der Waals surface area contributed by atoms with Gasteiger partial charge in [-0.15, -0.1) is 0 Å². The number of hydrogen-bond acceptors (Lipinski definition) is 7. The van der Waals surface area contributed by atoms with Gasteiger partial charge in [0.2, 0.25) is 20.0 Å². The summed E-state index contributed by atoms with van der Waals surface area (Å²) in [6.07, 6.45) is 2.36. The molecule has 0 radical (unpaired) electrons. The SMILES string of the molecule is CCS(=O)(=O)N1CCC(Nc2c(Br)cnc3nc(-c4cc(C)n(-c5cccc(S(N)(=O)=O)c5)c4C)[nH]c23)C1. The minimum Gasteiger partial charge on any atom is -0.378 e. The van der Waals surface area contributed by atoms with E-state index in [1.807, 2.05) is 30.5 Å². The molecule has 38 heavy (non-hydrogen) atoms. The molecule has 0 amide bonds. The van der Waals surface area contributed by atoms with Crippen LogP contribution in [0, 0.1) is 13.8 Å². The van der Waals surface area contributed by atoms with Gasteiger partial charge in [-0.1, -0.05) is 6.07 Å². The van der Waals surface area contributed by atoms with Gasteiger partial charge < -0.3 is 14.9 Å². The van der Waals surface area contributed by atoms with E-state index >= 15 is 0 Å². The third-order valence-corrected chi connectivity index (χ3v) is 10.2. The van der Waals surface area contributed by atoms with Crippen molar-refractivity contribution in [1.29, 1.82) is 0 Å². The Morgan fingerprint density at radius 3 is 2.68 bits per heavy atom. The molecule has 4 aromatic rings. The lowest BCUT2D eigenvalue weighted by Crippen LogP contribution is -2.32. The highest BCUT2D eigenvalue weighted by Crippen LogP contribution is 2.34. The first-order chi connectivity index (χ1) is 17.9. The van der Waals surface area contributed by atoms with E-state index in [2.05, 4.69) is 31.2 Å². The third-order valence-electron chi connectivity index (χ3n) is 6.82. The smallest absolute Gasteiger partial charge is 0.238 e. The summed E-state index contributed by atoms with van der Waals surface area (Å²) in [4.78, 5) is 12.6. The van der Waals surface area contributed by atoms with Crippen LogP contribution in [0.2, 0.25) is 0 Å². The fraction of sp³-hybridized carbons (Fsp3) is 0.333. The molecule has 202 valence electrons. The Balaban J connectivity index is 1.51. The monoisotopic (exact) mass is 621 g/mol. The van der Waals surface area contributed by atoms with Gasteiger partial charge in [-0.3, -0.25) is 0 Å². The lowest BCUT2D eigenvalue weighted by atomic mass is 10.2. The van der Waals surface area contributed by atoms with E-state index in [4.69, 9.17) is 10.1 Å². The van der Waals surface area contributed by atoms with Gasteiger partial charge in [0.1, 0.15) is 11.3 Å². The number of aromatic amines is 1. The summed E-state index contributed by atoms with van der Waals surface area (Å²) in [6.45, 7) is 6.39. The number of benzene rings is 1. The summed E-state index contributed by atoms with van der Waals surface area (Å²) in [5.41, 5.74) is 5.24. The van der Waals surface area contributed by atoms with Gasteiger partial charge in [-0.05, 0) is 67.4 Å². The maximum Gasteiger partial charge on any atom is 0.238 e. The van der Waals surface area contributed by atoms with Gasteiger partial charge in [0, 0.05) is 48.0 Å². The van der Waals surface area contributed by atoms with E-state index in [9.17, 15) is 16.8 Å². The quantitative estimate of drug-likeness (QED) is 0.286. The van der Waals surface area contributed by atoms with Crippen molar-refractivity contribution in [3.63, 3.8) is 0 Å². The van der Waals surface area contributed by atoms with E-state index < -0.39 is 20.0 Å². The Morgan fingerprint density at radius 1 is 1.21 bits per heavy atom. The fourth-order valence-electron chi connectivity index (χ4n) is 4.89. The molecule has 1 atom stereocenters. The topological polar surface area (TPSA) is 156 Å². The number of imidazole rings is 1. The summed E-state index contributed by atoms with van der Waals surface area (Å²) >= 11 is 3.57. The third kappa shape index (κ3) is 4.86. The molecule has 5 rings (SSSR count). The van der Waals surface area contributed by atoms with E-state index in [0.717, 1.165) is 27.1 Å². The molecular formula is C24H28BrN7O4S2. The van der Waals surface area contributed by atoms with Crippen molar-refractivity contribution in [3.05, 3.63) is 52.4 Å². The molecule has 14 heteroatoms. The van der Waals surface area contributed by atoms with Crippen molar-refractivity contribution in [3.8, 4) is 17.1 Å². The molecule has 4 N–H and O–H groups in total. The molecular weight excluding hydrogens is 594 g/mol. The molecule has 0 spiro atoms. The number of aryl methyl sites for hydroxylation is 1. The zero-order valence-corrected chi connectivity index (χ0v) is 24.3. The highest BCUT2D eigenvalue weighted by molar-refractivity contribution is 9.10. The van der Waals surface area contributed by atoms with Gasteiger partial charge >= 0.3 is 0 Å². The average molecular weight is 623 g/mol. The van der Waals surface area contributed by atoms with Crippen molar-refractivity contribution >= 4 is 52.8 Å². The van der Waals surface area contributed by atoms with E-state index in [-0.39, 0.29) is 16.7 Å². The van der Waals surface area contributed by atoms with Gasteiger partial charge in [0.05, 0.1) is 20.8 Å². The number of fused-ring (bicyclic) bond motifs is 1. The highest BCUT2D eigenvalue weighted by Gasteiger charge is 2.31. The number of H-pyrrole nitrogens is 1. The summed E-state index contributed by atoms with van der Waals surface area (Å²) in [5.74, 6) is 0.689. The second kappa shape index (κ2) is 9.75. The standard InChI is InChI=1S/C24H28BrN7O4S2/c1-4-37(33,34)31-9-8-16(13-31)28-21-20(25)12-27-24-22(21)29-23(30-24)19-10-14(2)32(15(19)3)17-6-5-7-18(11-17)38(26,35)36/h5-7,10-12,16H,4,8-9,13H2,1-3H3,(H2,26,35,36)(H2,27,28,29,30). The van der Waals surface area contributed by atoms with Crippen LogP contribution in [0.1, 0.15) is 24.7 Å². The van der Waals surface area contributed by atoms with Crippen LogP contribution in [0.5, 0.6) is 0 Å². The molecule has 1 unspecified atom stereocenters. The Labute approximate surface area is 229 Å². The maximum absolute atomic E-state index is 12.3. The van der Waals surface area contributed by atoms with Gasteiger partial charge in [0.15, 0.2) is 5.65 Å². The van der Waals surface area contributed by atoms with E-state index in [1.54, 1.807) is 25.3 Å². The predicted molar refractivity (Wildman–Crippen MR) is 150 cm³/mol. The average Bonchev–Trinajstić information content (AvgIpc) is 3.58. The first kappa shape index (κ1) is 26.8. The number of nitrogens with two attached hydrogens (primary N) is 1. The van der Waals surface area contributed by atoms with E-state index in [0.29, 0.717) is 42.2 Å². The van der Waals surface area contributed by atoms with Crippen LogP contribution in [0.4, 0.5) is 5.69 Å². The fourth-order valence-corrected chi connectivity index (χ4v) is 7.01. The van der Waals surface area contributed by atoms with Crippen molar-refractivity contribution in [2.45, 2.75) is 38.1 Å². The number of anilines is 1. The Morgan fingerprint density at radius 2 is 1.97 bits per heavy atom. The van der Waals surface area contributed by atoms with Gasteiger partial charge in [0.25, 0.3) is 0 Å². The number of pyridine rings is 1. The van der Waals surface area contributed by atoms with Gasteiger partial charge in [-0.25, -0.2) is 31.9 Å². The number of primary sulfonamides is 1. The first-order valence-electron chi connectivity index (χ1n) is 12.0. The Bertz CT molecular complexity index is 1760. The molecule has 1 aromatic carbocycles. The van der Waals surface area contributed by atoms with Crippen molar-refractivity contribution in [1.82, 2.24) is 23.8 Å². The largest absolute Gasteiger partial charge is 0.378 e. The first-order valence-corrected chi connectivity index (χ1v) is 15.9. The number of nitrogens with one attached hydrogen (secondary N) is 2. The molecule has 4 heterocycles. The van der Waals surface area contributed by atoms with Crippen LogP contribution in [-0.2, 0) is 20.0 Å². The molecule has 0 aliphatic carbocycles. The molecule has 1 aliphatic rings. The maximum atomic E-state index is 12.3. The summed E-state index contributed by atoms with van der Waals surface area (Å²) in [7, 11) is -7.08. The van der Waals surface area contributed by atoms with Crippen LogP contribution in [0.15, 0.2) is 45.9 Å². The normalized spacial score (nSPS) is 16.9. The molecule has 1 saturated heterocycles. The van der Waals surface area contributed by atoms with Crippen LogP contribution in [-0.4, -0.2) is 65.5 Å². The van der Waals surface area contributed by atoms with Gasteiger partial charge in [-0.2, -0.15) is 4.31 Å². The second-order valence-electron chi connectivity index (χ2n) is 9.32. The minimum absolute atomic E-state index is 0.0368. The molecule has 0 saturated carbocycles. The van der Waals surface area contributed by atoms with Crippen LogP contribution in [0.3, 0.4) is 0 Å². The van der Waals surface area contributed by atoms with E-state index in [1.165, 1.54) is 10.4 Å². The Kier molecular flexibility index (Phi) is 6.88. The molecule has 1 fully saturated rings. The predicted octanol–water partition coefficient (Wildman–Crippen LogP) is 3.28. The molecule has 0 bridgehead atoms. The van der Waals surface area contributed by atoms with Crippen LogP contribution >= 0.6 is 15.9 Å². The number of aromatic nitrogens is 4. The van der Waals surface area contributed by atoms with Crippen molar-refractivity contribution < 1.29 is 16.8 Å². The van der Waals surface area contributed by atoms with Crippen molar-refractivity contribution in [2.75, 3.05) is 24.2 Å². The summed E-state index contributed by atoms with van der Waals surface area (Å²) in [6, 6.07) is 8.41. The van der Waals surface area contributed by atoms with Crippen LogP contribution < -0.4 is 10.5 Å². The molecule has 3 aromatic heterocycles. The number of hydrogen-bond donors (Lipinski definition) is 3. The zero-order valence-electron chi connectivity index (χ0n) is 21.1. The Hall–Kier alpha value is -2.78. The number of sulfonamides is 2. The lowest BCUT2D eigenvalue weighted by Gasteiger charge is -2.17. The lowest BCUT2D eigenvalue weighted by molar-refractivity contribution is 0.476. The minimum atomic E-state index is -3.84. The molecule has 11 nitrogen and oxygen atoms in total. The number of nitrogens with zero attached hydrogens (tertiary/aromatic N) is 4. The summed E-state index contributed by atoms with van der Waals surface area (Å²) < 4.78 is 52.6. The second-order valence-corrected chi connectivity index (χ2v) is 14.0. The number of rotatable bonds is 7. The van der Waals surface area contributed by atoms with Crippen LogP contribution in [0.25, 0.3) is 28.2 Å². The molecule has 1 aliphatic heterocycles. The zero-order chi connectivity index (χ0) is 27.4. The summed E-state index contributed by atoms with van der Waals surface area (Å²) in [5, 5.41) is 8.82. The highest BCUT2D eigenvalue weighted by atomic mass is 79.9.